The van der Waals surface area contributed by atoms with Crippen LogP contribution in [0, 0.1) is 23.7 Å². The van der Waals surface area contributed by atoms with Crippen molar-refractivity contribution in [3.63, 3.8) is 0 Å². The van der Waals surface area contributed by atoms with Gasteiger partial charge in [-0.1, -0.05) is 44.9 Å². The first-order valence-corrected chi connectivity index (χ1v) is 10.3. The molecule has 0 spiro atoms. The van der Waals surface area contributed by atoms with Crippen molar-refractivity contribution in [2.24, 2.45) is 23.7 Å². The maximum absolute atomic E-state index is 2.61. The van der Waals surface area contributed by atoms with E-state index in [0.29, 0.717) is 0 Å². The fourth-order valence-electron chi connectivity index (χ4n) is 5.88. The predicted octanol–water partition coefficient (Wildman–Crippen LogP) is 6.52. The van der Waals surface area contributed by atoms with Crippen molar-refractivity contribution in [2.75, 3.05) is 0 Å². The summed E-state index contributed by atoms with van der Waals surface area (Å²) in [4.78, 5) is 0. The third-order valence-electron chi connectivity index (χ3n) is 7.48. The van der Waals surface area contributed by atoms with Gasteiger partial charge in [0.2, 0.25) is 0 Å². The SMILES string of the molecule is CCC1CCc2cc(C3CCC4CC(C)CCC4C3)ccc2C1. The average molecular weight is 311 g/mol. The molecule has 0 nitrogen and oxygen atoms in total. The Balaban J connectivity index is 1.47. The van der Waals surface area contributed by atoms with Crippen LogP contribution in [-0.4, -0.2) is 0 Å². The molecule has 5 atom stereocenters. The summed E-state index contributed by atoms with van der Waals surface area (Å²) in [5, 5.41) is 0. The summed E-state index contributed by atoms with van der Waals surface area (Å²) in [6.45, 7) is 4.82. The van der Waals surface area contributed by atoms with E-state index in [0.717, 1.165) is 29.6 Å². The van der Waals surface area contributed by atoms with Crippen LogP contribution in [0.4, 0.5) is 0 Å². The Labute approximate surface area is 143 Å². The molecule has 126 valence electrons. The minimum absolute atomic E-state index is 0.860. The van der Waals surface area contributed by atoms with Crippen molar-refractivity contribution in [2.45, 2.75) is 84.0 Å². The standard InChI is InChI=1S/C23H34/c1-3-17-5-7-21-15-23(11-9-19(21)13-17)22-10-8-18-12-16(2)4-6-20(18)14-22/h9,11,15-18,20,22H,3-8,10,12-14H2,1-2H3. The smallest absolute Gasteiger partial charge is 0.0159 e. The molecular formula is C23H34. The molecule has 0 bridgehead atoms. The molecule has 23 heavy (non-hydrogen) atoms. The molecule has 5 unspecified atom stereocenters. The Morgan fingerprint density at radius 2 is 1.74 bits per heavy atom. The van der Waals surface area contributed by atoms with Crippen molar-refractivity contribution >= 4 is 0 Å². The van der Waals surface area contributed by atoms with E-state index in [9.17, 15) is 0 Å². The minimum Gasteiger partial charge on any atom is -0.0651 e. The van der Waals surface area contributed by atoms with Gasteiger partial charge in [-0.25, -0.2) is 0 Å². The molecule has 0 heterocycles. The first-order chi connectivity index (χ1) is 11.2. The first-order valence-electron chi connectivity index (χ1n) is 10.3. The van der Waals surface area contributed by atoms with Gasteiger partial charge in [-0.2, -0.15) is 0 Å². The number of hydrogen-bond donors (Lipinski definition) is 0. The molecule has 0 N–H and O–H groups in total. The van der Waals surface area contributed by atoms with Gasteiger partial charge in [-0.3, -0.25) is 0 Å². The number of hydrogen-bond acceptors (Lipinski definition) is 0. The molecule has 0 heteroatoms. The van der Waals surface area contributed by atoms with Crippen molar-refractivity contribution in [3.05, 3.63) is 34.9 Å². The molecule has 0 radical (unpaired) electrons. The van der Waals surface area contributed by atoms with Crippen molar-refractivity contribution in [3.8, 4) is 0 Å². The zero-order chi connectivity index (χ0) is 15.8. The molecule has 1 aromatic rings. The molecule has 2 fully saturated rings. The molecule has 1 aromatic carbocycles. The van der Waals surface area contributed by atoms with Gasteiger partial charge in [-0.15, -0.1) is 0 Å². The predicted molar refractivity (Wildman–Crippen MR) is 98.8 cm³/mol. The molecule has 3 aliphatic rings. The monoisotopic (exact) mass is 310 g/mol. The van der Waals surface area contributed by atoms with E-state index in [-0.39, 0.29) is 0 Å². The van der Waals surface area contributed by atoms with Crippen LogP contribution >= 0.6 is 0 Å². The molecule has 0 aliphatic heterocycles. The van der Waals surface area contributed by atoms with Gasteiger partial charge in [0.05, 0.1) is 0 Å². The summed E-state index contributed by atoms with van der Waals surface area (Å²) in [5.74, 6) is 4.87. The Morgan fingerprint density at radius 3 is 2.61 bits per heavy atom. The van der Waals surface area contributed by atoms with Gasteiger partial charge < -0.3 is 0 Å². The Hall–Kier alpha value is -0.780. The lowest BCUT2D eigenvalue weighted by atomic mass is 9.64. The Morgan fingerprint density at radius 1 is 0.913 bits per heavy atom. The summed E-state index contributed by atoms with van der Waals surface area (Å²) in [6, 6.07) is 7.59. The maximum atomic E-state index is 2.61. The van der Waals surface area contributed by atoms with Crippen LogP contribution in [0.3, 0.4) is 0 Å². The van der Waals surface area contributed by atoms with Crippen LogP contribution in [0.25, 0.3) is 0 Å². The van der Waals surface area contributed by atoms with E-state index < -0.39 is 0 Å². The largest absolute Gasteiger partial charge is 0.0651 e. The molecular weight excluding hydrogens is 276 g/mol. The summed E-state index contributed by atoms with van der Waals surface area (Å²) >= 11 is 0. The van der Waals surface area contributed by atoms with Crippen molar-refractivity contribution in [1.82, 2.24) is 0 Å². The van der Waals surface area contributed by atoms with Crippen LogP contribution in [0.2, 0.25) is 0 Å². The van der Waals surface area contributed by atoms with Crippen molar-refractivity contribution < 1.29 is 0 Å². The van der Waals surface area contributed by atoms with Crippen LogP contribution < -0.4 is 0 Å². The lowest BCUT2D eigenvalue weighted by Gasteiger charge is -2.41. The van der Waals surface area contributed by atoms with Crippen LogP contribution in [0.5, 0.6) is 0 Å². The number of benzene rings is 1. The maximum Gasteiger partial charge on any atom is -0.0159 e. The average Bonchev–Trinajstić information content (AvgIpc) is 2.60. The highest BCUT2D eigenvalue weighted by Gasteiger charge is 2.35. The molecule has 0 saturated heterocycles. The number of fused-ring (bicyclic) bond motifs is 2. The summed E-state index contributed by atoms with van der Waals surface area (Å²) < 4.78 is 0. The molecule has 0 amide bonds. The third kappa shape index (κ3) is 3.24. The highest BCUT2D eigenvalue weighted by molar-refractivity contribution is 5.36. The fourth-order valence-corrected chi connectivity index (χ4v) is 5.88. The number of rotatable bonds is 2. The second-order valence-corrected chi connectivity index (χ2v) is 8.99. The van der Waals surface area contributed by atoms with Gasteiger partial charge in [0, 0.05) is 0 Å². The van der Waals surface area contributed by atoms with Gasteiger partial charge in [0.25, 0.3) is 0 Å². The minimum atomic E-state index is 0.860. The van der Waals surface area contributed by atoms with E-state index in [1.165, 1.54) is 64.2 Å². The highest BCUT2D eigenvalue weighted by Crippen LogP contribution is 2.47. The zero-order valence-corrected chi connectivity index (χ0v) is 15.2. The first kappa shape index (κ1) is 15.7. The fraction of sp³-hybridized carbons (Fsp3) is 0.739. The van der Waals surface area contributed by atoms with Gasteiger partial charge in [0.15, 0.2) is 0 Å². The summed E-state index contributed by atoms with van der Waals surface area (Å²) in [6.07, 6.45) is 14.4. The van der Waals surface area contributed by atoms with Gasteiger partial charge in [-0.05, 0) is 97.6 Å². The van der Waals surface area contributed by atoms with Crippen molar-refractivity contribution in [1.29, 1.82) is 0 Å². The topological polar surface area (TPSA) is 0 Å². The molecule has 2 saturated carbocycles. The Kier molecular flexibility index (Phi) is 4.52. The van der Waals surface area contributed by atoms with E-state index in [1.54, 1.807) is 16.7 Å². The van der Waals surface area contributed by atoms with Crippen LogP contribution in [0.15, 0.2) is 18.2 Å². The normalized spacial score (nSPS) is 37.0. The quantitative estimate of drug-likeness (QED) is 0.583. The lowest BCUT2D eigenvalue weighted by Crippen LogP contribution is -2.29. The highest BCUT2D eigenvalue weighted by atomic mass is 14.4. The van der Waals surface area contributed by atoms with E-state index in [2.05, 4.69) is 32.0 Å². The molecule has 0 aromatic heterocycles. The third-order valence-corrected chi connectivity index (χ3v) is 7.48. The van der Waals surface area contributed by atoms with E-state index in [4.69, 9.17) is 0 Å². The van der Waals surface area contributed by atoms with Gasteiger partial charge >= 0.3 is 0 Å². The second-order valence-electron chi connectivity index (χ2n) is 8.99. The van der Waals surface area contributed by atoms with E-state index in [1.807, 2.05) is 0 Å². The second kappa shape index (κ2) is 6.61. The molecule has 4 rings (SSSR count). The lowest BCUT2D eigenvalue weighted by molar-refractivity contribution is 0.124. The Bertz CT molecular complexity index is 543. The van der Waals surface area contributed by atoms with Crippen LogP contribution in [-0.2, 0) is 12.8 Å². The zero-order valence-electron chi connectivity index (χ0n) is 15.2. The molecule has 3 aliphatic carbocycles. The summed E-state index contributed by atoms with van der Waals surface area (Å²) in [7, 11) is 0. The van der Waals surface area contributed by atoms with Crippen LogP contribution in [0.1, 0.15) is 87.8 Å². The number of aryl methyl sites for hydroxylation is 1. The van der Waals surface area contributed by atoms with E-state index >= 15 is 0 Å². The summed E-state index contributed by atoms with van der Waals surface area (Å²) in [5.41, 5.74) is 5.02. The van der Waals surface area contributed by atoms with Gasteiger partial charge in [0.1, 0.15) is 0 Å².